The first-order valence-corrected chi connectivity index (χ1v) is 7.84. The second-order valence-electron chi connectivity index (χ2n) is 6.87. The molecule has 6 heteroatoms. The topological polar surface area (TPSA) is 90.7 Å². The summed E-state index contributed by atoms with van der Waals surface area (Å²) in [7, 11) is 0. The number of nitrogens with two attached hydrogens (primary N) is 1. The zero-order chi connectivity index (χ0) is 17.1. The predicted molar refractivity (Wildman–Crippen MR) is 86.6 cm³/mol. The van der Waals surface area contributed by atoms with Crippen LogP contribution >= 0.6 is 0 Å². The minimum absolute atomic E-state index is 0.0530. The van der Waals surface area contributed by atoms with Crippen molar-refractivity contribution in [1.82, 2.24) is 5.32 Å². The van der Waals surface area contributed by atoms with Crippen molar-refractivity contribution < 1.29 is 19.1 Å². The molecule has 0 aromatic rings. The average molecular weight is 316 g/mol. The van der Waals surface area contributed by atoms with Gasteiger partial charge in [-0.2, -0.15) is 0 Å². The fourth-order valence-electron chi connectivity index (χ4n) is 1.88. The molecule has 3 N–H and O–H groups in total. The van der Waals surface area contributed by atoms with E-state index in [4.69, 9.17) is 15.2 Å². The number of amides is 1. The fraction of sp³-hybridized carbons (Fsp3) is 0.875. The van der Waals surface area contributed by atoms with Crippen molar-refractivity contribution in [2.24, 2.45) is 11.1 Å². The average Bonchev–Trinajstić information content (AvgIpc) is 2.43. The Balaban J connectivity index is 3.93. The van der Waals surface area contributed by atoms with Crippen LogP contribution in [0.2, 0.25) is 0 Å². The quantitative estimate of drug-likeness (QED) is 0.394. The van der Waals surface area contributed by atoms with Gasteiger partial charge in [0.25, 0.3) is 0 Å². The van der Waals surface area contributed by atoms with E-state index >= 15 is 0 Å². The summed E-state index contributed by atoms with van der Waals surface area (Å²) in [5.74, 6) is -0.209. The van der Waals surface area contributed by atoms with E-state index in [1.165, 1.54) is 0 Å². The van der Waals surface area contributed by atoms with Gasteiger partial charge >= 0.3 is 0 Å². The van der Waals surface area contributed by atoms with E-state index in [1.807, 2.05) is 0 Å². The summed E-state index contributed by atoms with van der Waals surface area (Å²) in [5.41, 5.74) is 5.29. The van der Waals surface area contributed by atoms with Gasteiger partial charge in [0.2, 0.25) is 5.91 Å². The van der Waals surface area contributed by atoms with Crippen molar-refractivity contribution in [3.05, 3.63) is 0 Å². The molecule has 1 amide bonds. The van der Waals surface area contributed by atoms with Gasteiger partial charge in [-0.1, -0.05) is 13.8 Å². The SMILES string of the molecule is CC(C)(CCOC(C)(C)CCCN)CNC(=O)COCC=O. The maximum atomic E-state index is 11.5. The molecule has 0 aromatic carbocycles. The molecule has 0 bridgehead atoms. The molecule has 0 heterocycles. The third kappa shape index (κ3) is 11.7. The molecule has 0 aliphatic carbocycles. The summed E-state index contributed by atoms with van der Waals surface area (Å²) < 4.78 is 10.8. The van der Waals surface area contributed by atoms with Gasteiger partial charge in [0.05, 0.1) is 5.60 Å². The number of rotatable bonds is 13. The normalized spacial score (nSPS) is 12.2. The van der Waals surface area contributed by atoms with Crippen molar-refractivity contribution in [3.63, 3.8) is 0 Å². The van der Waals surface area contributed by atoms with Crippen LogP contribution in [0, 0.1) is 5.41 Å². The monoisotopic (exact) mass is 316 g/mol. The molecule has 0 rings (SSSR count). The van der Waals surface area contributed by atoms with Gasteiger partial charge in [0.15, 0.2) is 0 Å². The third-order valence-electron chi connectivity index (χ3n) is 3.44. The zero-order valence-electron chi connectivity index (χ0n) is 14.4. The first kappa shape index (κ1) is 21.0. The summed E-state index contributed by atoms with van der Waals surface area (Å²) in [4.78, 5) is 21.6. The van der Waals surface area contributed by atoms with Gasteiger partial charge in [-0.3, -0.25) is 4.79 Å². The largest absolute Gasteiger partial charge is 0.376 e. The van der Waals surface area contributed by atoms with Crippen LogP contribution in [0.25, 0.3) is 0 Å². The lowest BCUT2D eigenvalue weighted by molar-refractivity contribution is -0.127. The van der Waals surface area contributed by atoms with Crippen LogP contribution in [0.3, 0.4) is 0 Å². The van der Waals surface area contributed by atoms with Crippen molar-refractivity contribution in [2.75, 3.05) is 32.9 Å². The molecule has 22 heavy (non-hydrogen) atoms. The molecule has 0 unspecified atom stereocenters. The molecule has 0 saturated carbocycles. The highest BCUT2D eigenvalue weighted by atomic mass is 16.5. The van der Waals surface area contributed by atoms with Gasteiger partial charge in [0.1, 0.15) is 19.5 Å². The first-order chi connectivity index (χ1) is 10.2. The lowest BCUT2D eigenvalue weighted by Crippen LogP contribution is -2.37. The van der Waals surface area contributed by atoms with Gasteiger partial charge < -0.3 is 25.3 Å². The Bertz CT molecular complexity index is 330. The predicted octanol–water partition coefficient (Wildman–Crippen LogP) is 1.27. The number of aldehydes is 1. The van der Waals surface area contributed by atoms with E-state index in [0.717, 1.165) is 19.3 Å². The lowest BCUT2D eigenvalue weighted by atomic mass is 9.89. The molecule has 6 nitrogen and oxygen atoms in total. The number of hydrogen-bond acceptors (Lipinski definition) is 5. The minimum Gasteiger partial charge on any atom is -0.376 e. The lowest BCUT2D eigenvalue weighted by Gasteiger charge is -2.29. The van der Waals surface area contributed by atoms with E-state index < -0.39 is 0 Å². The van der Waals surface area contributed by atoms with Crippen LogP contribution in [0.1, 0.15) is 47.0 Å². The van der Waals surface area contributed by atoms with Crippen molar-refractivity contribution in [3.8, 4) is 0 Å². The highest BCUT2D eigenvalue weighted by Gasteiger charge is 2.22. The number of hydrogen-bond donors (Lipinski definition) is 2. The van der Waals surface area contributed by atoms with E-state index in [0.29, 0.717) is 26.0 Å². The Morgan fingerprint density at radius 1 is 1.23 bits per heavy atom. The van der Waals surface area contributed by atoms with Crippen LogP contribution in [-0.2, 0) is 19.1 Å². The number of carbonyl (C=O) groups is 2. The van der Waals surface area contributed by atoms with Crippen molar-refractivity contribution in [1.29, 1.82) is 0 Å². The van der Waals surface area contributed by atoms with Crippen LogP contribution in [-0.4, -0.2) is 50.7 Å². The summed E-state index contributed by atoms with van der Waals surface area (Å²) >= 11 is 0. The van der Waals surface area contributed by atoms with E-state index in [-0.39, 0.29) is 30.1 Å². The van der Waals surface area contributed by atoms with Crippen molar-refractivity contribution >= 4 is 12.2 Å². The molecule has 0 radical (unpaired) electrons. The van der Waals surface area contributed by atoms with Crippen LogP contribution in [0.5, 0.6) is 0 Å². The summed E-state index contributed by atoms with van der Waals surface area (Å²) in [5, 5.41) is 2.81. The molecule has 0 fully saturated rings. The molecule has 0 aliphatic rings. The molecular formula is C16H32N2O4. The Morgan fingerprint density at radius 2 is 1.91 bits per heavy atom. The Kier molecular flexibility index (Phi) is 10.2. The van der Waals surface area contributed by atoms with Gasteiger partial charge in [-0.15, -0.1) is 0 Å². The Labute approximate surface area is 134 Å². The van der Waals surface area contributed by atoms with Crippen molar-refractivity contribution in [2.45, 2.75) is 52.6 Å². The summed E-state index contributed by atoms with van der Waals surface area (Å²) in [6.45, 7) is 10.0. The van der Waals surface area contributed by atoms with Gasteiger partial charge in [-0.05, 0) is 45.1 Å². The fourth-order valence-corrected chi connectivity index (χ4v) is 1.88. The highest BCUT2D eigenvalue weighted by molar-refractivity contribution is 5.77. The first-order valence-electron chi connectivity index (χ1n) is 7.84. The molecule has 130 valence electrons. The molecule has 0 saturated heterocycles. The van der Waals surface area contributed by atoms with Crippen LogP contribution in [0.4, 0.5) is 0 Å². The number of nitrogens with one attached hydrogen (secondary N) is 1. The third-order valence-corrected chi connectivity index (χ3v) is 3.44. The molecular weight excluding hydrogens is 284 g/mol. The van der Waals surface area contributed by atoms with Gasteiger partial charge in [-0.25, -0.2) is 0 Å². The Morgan fingerprint density at radius 3 is 2.50 bits per heavy atom. The van der Waals surface area contributed by atoms with E-state index in [2.05, 4.69) is 33.0 Å². The second kappa shape index (κ2) is 10.7. The summed E-state index contributed by atoms with van der Waals surface area (Å²) in [6, 6.07) is 0. The molecule has 0 aromatic heterocycles. The standard InChI is InChI=1S/C16H32N2O4/c1-15(2,13-18-14(20)12-21-11-9-19)7-10-22-16(3,4)6-5-8-17/h9H,5-8,10-13,17H2,1-4H3,(H,18,20). The zero-order valence-corrected chi connectivity index (χ0v) is 14.4. The Hall–Kier alpha value is -0.980. The molecule has 0 spiro atoms. The molecule has 0 aliphatic heterocycles. The minimum atomic E-state index is -0.209. The maximum Gasteiger partial charge on any atom is 0.246 e. The van der Waals surface area contributed by atoms with Gasteiger partial charge in [0, 0.05) is 13.2 Å². The number of ether oxygens (including phenoxy) is 2. The number of carbonyl (C=O) groups excluding carboxylic acids is 2. The highest BCUT2D eigenvalue weighted by Crippen LogP contribution is 2.22. The van der Waals surface area contributed by atoms with E-state index in [9.17, 15) is 9.59 Å². The van der Waals surface area contributed by atoms with Crippen LogP contribution < -0.4 is 11.1 Å². The van der Waals surface area contributed by atoms with Crippen LogP contribution in [0.15, 0.2) is 0 Å². The molecule has 0 atom stereocenters. The van der Waals surface area contributed by atoms with E-state index in [1.54, 1.807) is 0 Å². The smallest absolute Gasteiger partial charge is 0.246 e. The maximum absolute atomic E-state index is 11.5. The second-order valence-corrected chi connectivity index (χ2v) is 6.87. The summed E-state index contributed by atoms with van der Waals surface area (Å²) in [6.07, 6.45) is 3.36.